The molecule has 4 aliphatic rings. The van der Waals surface area contributed by atoms with E-state index < -0.39 is 8.32 Å². The fourth-order valence-corrected chi connectivity index (χ4v) is 14.1. The van der Waals surface area contributed by atoms with Crippen molar-refractivity contribution >= 4 is 14.1 Å². The van der Waals surface area contributed by atoms with Crippen LogP contribution in [0.2, 0.25) is 18.1 Å². The Morgan fingerprint density at radius 2 is 1.55 bits per heavy atom. The molecule has 4 rings (SSSR count). The van der Waals surface area contributed by atoms with Gasteiger partial charge in [0, 0.05) is 17.9 Å². The highest BCUT2D eigenvalue weighted by Gasteiger charge is 2.60. The third-order valence-electron chi connectivity index (χ3n) is 10.9. The summed E-state index contributed by atoms with van der Waals surface area (Å²) in [6, 6.07) is 4.10. The lowest BCUT2D eigenvalue weighted by atomic mass is 9.45. The standard InChI is InChI=1S/C28H50O2Si/c1-6-17-31(18-7-2,19-8-3)30-22-13-15-27(4)21(20-22)9-10-23-24-11-12-26(29)28(24,5)16-14-25(23)27/h21-25H,6-20H2,1-5H3/t21-,22-,23-,24-,25-,27-,28-/m0/s1. The average molecular weight is 447 g/mol. The molecule has 2 nitrogen and oxygen atoms in total. The van der Waals surface area contributed by atoms with Gasteiger partial charge in [0.25, 0.3) is 0 Å². The van der Waals surface area contributed by atoms with Crippen molar-refractivity contribution in [3.05, 3.63) is 0 Å². The maximum absolute atomic E-state index is 12.7. The van der Waals surface area contributed by atoms with E-state index in [-0.39, 0.29) is 5.41 Å². The molecule has 0 heterocycles. The molecule has 0 aliphatic heterocycles. The molecule has 0 radical (unpaired) electrons. The summed E-state index contributed by atoms with van der Waals surface area (Å²) in [6.07, 6.45) is 15.7. The molecule has 0 spiro atoms. The van der Waals surface area contributed by atoms with E-state index in [1.165, 1.54) is 88.8 Å². The van der Waals surface area contributed by atoms with Crippen LogP contribution in [0.5, 0.6) is 0 Å². The average Bonchev–Trinajstić information content (AvgIpc) is 3.04. The van der Waals surface area contributed by atoms with E-state index in [4.69, 9.17) is 4.43 Å². The van der Waals surface area contributed by atoms with Gasteiger partial charge in [-0.2, -0.15) is 0 Å². The highest BCUT2D eigenvalue weighted by molar-refractivity contribution is 6.73. The first kappa shape index (κ1) is 24.0. The second kappa shape index (κ2) is 9.24. The molecule has 31 heavy (non-hydrogen) atoms. The van der Waals surface area contributed by atoms with Crippen molar-refractivity contribution in [2.45, 2.75) is 136 Å². The summed E-state index contributed by atoms with van der Waals surface area (Å²) >= 11 is 0. The first-order chi connectivity index (χ1) is 14.8. The van der Waals surface area contributed by atoms with Gasteiger partial charge in [0.15, 0.2) is 8.32 Å². The summed E-state index contributed by atoms with van der Waals surface area (Å²) in [7, 11) is -1.57. The molecule has 0 aromatic carbocycles. The zero-order chi connectivity index (χ0) is 22.3. The molecule has 0 unspecified atom stereocenters. The zero-order valence-corrected chi connectivity index (χ0v) is 22.3. The molecule has 0 saturated heterocycles. The van der Waals surface area contributed by atoms with Gasteiger partial charge in [0.2, 0.25) is 0 Å². The maximum Gasteiger partial charge on any atom is 0.193 e. The number of carbonyl (C=O) groups excluding carboxylic acids is 1. The smallest absolute Gasteiger partial charge is 0.193 e. The van der Waals surface area contributed by atoms with Crippen molar-refractivity contribution in [2.75, 3.05) is 0 Å². The third kappa shape index (κ3) is 4.13. The van der Waals surface area contributed by atoms with Crippen LogP contribution in [-0.4, -0.2) is 20.2 Å². The van der Waals surface area contributed by atoms with Crippen molar-refractivity contribution in [3.8, 4) is 0 Å². The van der Waals surface area contributed by atoms with Crippen LogP contribution in [0.15, 0.2) is 0 Å². The number of fused-ring (bicyclic) bond motifs is 5. The Bertz CT molecular complexity index is 630. The largest absolute Gasteiger partial charge is 0.414 e. The predicted octanol–water partition coefficient (Wildman–Crippen LogP) is 8.16. The minimum atomic E-state index is -1.57. The second-order valence-corrected chi connectivity index (χ2v) is 16.6. The van der Waals surface area contributed by atoms with E-state index in [1.54, 1.807) is 0 Å². The summed E-state index contributed by atoms with van der Waals surface area (Å²) in [4.78, 5) is 12.7. The summed E-state index contributed by atoms with van der Waals surface area (Å²) < 4.78 is 7.22. The highest BCUT2D eigenvalue weighted by atomic mass is 28.4. The van der Waals surface area contributed by atoms with E-state index in [2.05, 4.69) is 34.6 Å². The summed E-state index contributed by atoms with van der Waals surface area (Å²) in [5.74, 6) is 3.80. The van der Waals surface area contributed by atoms with Gasteiger partial charge in [-0.3, -0.25) is 4.79 Å². The number of carbonyl (C=O) groups is 1. The van der Waals surface area contributed by atoms with Crippen LogP contribution in [0, 0.1) is 34.5 Å². The molecule has 0 bridgehead atoms. The first-order valence-corrected chi connectivity index (χ1v) is 16.6. The number of hydrogen-bond acceptors (Lipinski definition) is 2. The van der Waals surface area contributed by atoms with Gasteiger partial charge in [-0.05, 0) is 98.6 Å². The third-order valence-corrected chi connectivity index (χ3v) is 15.9. The molecular formula is C28H50O2Si. The molecule has 178 valence electrons. The Balaban J connectivity index is 1.46. The Hall–Kier alpha value is -0.153. The van der Waals surface area contributed by atoms with Crippen molar-refractivity contribution < 1.29 is 9.22 Å². The van der Waals surface area contributed by atoms with Gasteiger partial charge >= 0.3 is 0 Å². The van der Waals surface area contributed by atoms with Gasteiger partial charge in [0.05, 0.1) is 0 Å². The maximum atomic E-state index is 12.7. The number of Topliss-reactive ketones (excluding diaryl/α,β-unsaturated/α-hetero) is 1. The van der Waals surface area contributed by atoms with Gasteiger partial charge in [-0.15, -0.1) is 0 Å². The van der Waals surface area contributed by atoms with E-state index in [0.717, 1.165) is 24.2 Å². The molecule has 0 aromatic rings. The lowest BCUT2D eigenvalue weighted by molar-refractivity contribution is -0.141. The normalized spacial score (nSPS) is 42.7. The van der Waals surface area contributed by atoms with E-state index in [1.807, 2.05) is 0 Å². The van der Waals surface area contributed by atoms with Crippen LogP contribution in [0.3, 0.4) is 0 Å². The Morgan fingerprint density at radius 3 is 2.19 bits per heavy atom. The molecule has 4 aliphatic carbocycles. The van der Waals surface area contributed by atoms with Gasteiger partial charge in [-0.25, -0.2) is 0 Å². The topological polar surface area (TPSA) is 26.3 Å². The van der Waals surface area contributed by atoms with Gasteiger partial charge in [0.1, 0.15) is 5.78 Å². The summed E-state index contributed by atoms with van der Waals surface area (Å²) in [6.45, 7) is 12.1. The Labute approximate surface area is 193 Å². The lowest BCUT2D eigenvalue weighted by Gasteiger charge is -2.60. The summed E-state index contributed by atoms with van der Waals surface area (Å²) in [5, 5.41) is 0. The van der Waals surface area contributed by atoms with Crippen LogP contribution in [-0.2, 0) is 9.22 Å². The monoisotopic (exact) mass is 446 g/mol. The quantitative estimate of drug-likeness (QED) is 0.351. The Kier molecular flexibility index (Phi) is 7.15. The van der Waals surface area contributed by atoms with Crippen LogP contribution < -0.4 is 0 Å². The van der Waals surface area contributed by atoms with Gasteiger partial charge < -0.3 is 4.43 Å². The predicted molar refractivity (Wildman–Crippen MR) is 133 cm³/mol. The second-order valence-electron chi connectivity index (χ2n) is 12.5. The SMILES string of the molecule is CCC[Si](CCC)(CCC)O[C@H]1CC[C@@]2(C)[C@@H](CC[C@@H]3[C@@H]2CC[C@]2(C)C(=O)CC[C@@H]32)C1. The first-order valence-electron chi connectivity index (χ1n) is 14.0. The van der Waals surface area contributed by atoms with E-state index in [0.29, 0.717) is 23.2 Å². The molecule has 0 aromatic heterocycles. The van der Waals surface area contributed by atoms with Crippen molar-refractivity contribution in [2.24, 2.45) is 34.5 Å². The van der Waals surface area contributed by atoms with Crippen molar-refractivity contribution in [1.82, 2.24) is 0 Å². The van der Waals surface area contributed by atoms with E-state index in [9.17, 15) is 4.79 Å². The number of hydrogen-bond donors (Lipinski definition) is 0. The summed E-state index contributed by atoms with van der Waals surface area (Å²) in [5.41, 5.74) is 0.524. The minimum Gasteiger partial charge on any atom is -0.414 e. The minimum absolute atomic E-state index is 0.0241. The molecular weight excluding hydrogens is 396 g/mol. The Morgan fingerprint density at radius 1 is 0.871 bits per heavy atom. The molecule has 7 atom stereocenters. The van der Waals surface area contributed by atoms with Crippen molar-refractivity contribution in [1.29, 1.82) is 0 Å². The van der Waals surface area contributed by atoms with Gasteiger partial charge in [-0.1, -0.05) is 53.9 Å². The van der Waals surface area contributed by atoms with Crippen molar-refractivity contribution in [3.63, 3.8) is 0 Å². The fourth-order valence-electron chi connectivity index (χ4n) is 9.37. The fraction of sp³-hybridized carbons (Fsp3) is 0.964. The van der Waals surface area contributed by atoms with Crippen LogP contribution in [0.4, 0.5) is 0 Å². The molecule has 4 fully saturated rings. The van der Waals surface area contributed by atoms with E-state index >= 15 is 0 Å². The number of ketones is 1. The molecule has 0 amide bonds. The molecule has 0 N–H and O–H groups in total. The molecule has 3 heteroatoms. The highest BCUT2D eigenvalue weighted by Crippen LogP contribution is 2.65. The van der Waals surface area contributed by atoms with Crippen LogP contribution >= 0.6 is 0 Å². The van der Waals surface area contributed by atoms with Crippen LogP contribution in [0.1, 0.15) is 112 Å². The zero-order valence-electron chi connectivity index (χ0n) is 21.3. The lowest BCUT2D eigenvalue weighted by Crippen LogP contribution is -2.55. The number of rotatable bonds is 8. The molecule has 4 saturated carbocycles. The van der Waals surface area contributed by atoms with Crippen LogP contribution in [0.25, 0.3) is 0 Å².